The molecule has 4 aromatic rings. The van der Waals surface area contributed by atoms with Crippen molar-refractivity contribution in [2.45, 2.75) is 12.8 Å². The zero-order valence-corrected chi connectivity index (χ0v) is 14.0. The summed E-state index contributed by atoms with van der Waals surface area (Å²) in [5.74, 6) is -1.02. The van der Waals surface area contributed by atoms with Crippen LogP contribution in [-0.4, -0.2) is 31.2 Å². The molecule has 3 aromatic heterocycles. The molecule has 130 valence electrons. The number of hydrogen-bond acceptors (Lipinski definition) is 7. The fourth-order valence-corrected chi connectivity index (χ4v) is 3.44. The second kappa shape index (κ2) is 6.60. The fourth-order valence-electron chi connectivity index (χ4n) is 2.44. The van der Waals surface area contributed by atoms with E-state index in [-0.39, 0.29) is 18.1 Å². The van der Waals surface area contributed by atoms with Gasteiger partial charge in [0.15, 0.2) is 0 Å². The first-order chi connectivity index (χ1) is 12.6. The van der Waals surface area contributed by atoms with Crippen molar-refractivity contribution >= 4 is 27.5 Å². The van der Waals surface area contributed by atoms with Gasteiger partial charge in [0.25, 0.3) is 0 Å². The summed E-state index contributed by atoms with van der Waals surface area (Å²) in [6, 6.07) is 8.69. The van der Waals surface area contributed by atoms with Gasteiger partial charge in [-0.3, -0.25) is 9.78 Å². The second-order valence-electron chi connectivity index (χ2n) is 5.49. The maximum Gasteiger partial charge on any atom is 0.312 e. The largest absolute Gasteiger partial charge is 0.481 e. The monoisotopic (exact) mass is 370 g/mol. The Morgan fingerprint density at radius 1 is 1.19 bits per heavy atom. The summed E-state index contributed by atoms with van der Waals surface area (Å²) >= 11 is 1.47. The van der Waals surface area contributed by atoms with Gasteiger partial charge in [-0.15, -0.1) is 21.5 Å². The van der Waals surface area contributed by atoms with Gasteiger partial charge in [0.1, 0.15) is 17.2 Å². The molecule has 1 aromatic carbocycles. The number of hydrogen-bond donors (Lipinski definition) is 1. The molecule has 4 rings (SSSR count). The molecule has 0 bridgehead atoms. The molecule has 9 heteroatoms. The van der Waals surface area contributed by atoms with Crippen LogP contribution in [0.5, 0.6) is 0 Å². The Morgan fingerprint density at radius 2 is 2.04 bits per heavy atom. The first-order valence-electron chi connectivity index (χ1n) is 7.61. The summed E-state index contributed by atoms with van der Waals surface area (Å²) in [6.07, 6.45) is 1.21. The summed E-state index contributed by atoms with van der Waals surface area (Å²) < 4.78 is 19.3. The zero-order valence-electron chi connectivity index (χ0n) is 13.2. The maximum atomic E-state index is 13.0. The first kappa shape index (κ1) is 16.3. The molecule has 0 fully saturated rings. The van der Waals surface area contributed by atoms with E-state index in [1.54, 1.807) is 6.07 Å². The van der Waals surface area contributed by atoms with Gasteiger partial charge in [-0.05, 0) is 24.3 Å². The predicted molar refractivity (Wildman–Crippen MR) is 91.3 cm³/mol. The average Bonchev–Trinajstić information content (AvgIpc) is 3.20. The van der Waals surface area contributed by atoms with Gasteiger partial charge < -0.3 is 9.52 Å². The molecule has 0 saturated carbocycles. The molecule has 7 nitrogen and oxygen atoms in total. The third-order valence-electron chi connectivity index (χ3n) is 3.57. The number of carboxylic acid groups (broad SMARTS) is 1. The van der Waals surface area contributed by atoms with Crippen LogP contribution in [0.4, 0.5) is 4.39 Å². The lowest BCUT2D eigenvalue weighted by atomic mass is 10.1. The van der Waals surface area contributed by atoms with Crippen LogP contribution in [0.3, 0.4) is 0 Å². The summed E-state index contributed by atoms with van der Waals surface area (Å²) in [7, 11) is 0. The van der Waals surface area contributed by atoms with Crippen LogP contribution < -0.4 is 0 Å². The quantitative estimate of drug-likeness (QED) is 0.576. The highest BCUT2D eigenvalue weighted by Gasteiger charge is 2.13. The number of pyridine rings is 1. The zero-order chi connectivity index (χ0) is 18.1. The van der Waals surface area contributed by atoms with Crippen molar-refractivity contribution in [2.75, 3.05) is 0 Å². The number of carbonyl (C=O) groups is 1. The highest BCUT2D eigenvalue weighted by Crippen LogP contribution is 2.28. The van der Waals surface area contributed by atoms with Crippen molar-refractivity contribution in [3.63, 3.8) is 0 Å². The molecule has 0 radical (unpaired) electrons. The van der Waals surface area contributed by atoms with E-state index in [1.807, 2.05) is 18.2 Å². The Hall–Kier alpha value is -3.20. The van der Waals surface area contributed by atoms with Crippen molar-refractivity contribution in [2.24, 2.45) is 0 Å². The maximum absolute atomic E-state index is 13.0. The molecule has 0 aliphatic carbocycles. The average molecular weight is 370 g/mol. The highest BCUT2D eigenvalue weighted by atomic mass is 32.1. The predicted octanol–water partition coefficient (Wildman–Crippen LogP) is 3.10. The van der Waals surface area contributed by atoms with Crippen LogP contribution in [0.25, 0.3) is 21.5 Å². The number of thiazole rings is 1. The van der Waals surface area contributed by atoms with Crippen molar-refractivity contribution < 1.29 is 18.7 Å². The number of halogens is 1. The summed E-state index contributed by atoms with van der Waals surface area (Å²) in [5.41, 5.74) is 2.37. The van der Waals surface area contributed by atoms with Crippen LogP contribution in [-0.2, 0) is 17.6 Å². The number of aromatic nitrogens is 4. The van der Waals surface area contributed by atoms with Gasteiger partial charge in [-0.2, -0.15) is 0 Å². The lowest BCUT2D eigenvalue weighted by Crippen LogP contribution is -1.99. The Labute approximate surface area is 150 Å². The van der Waals surface area contributed by atoms with Gasteiger partial charge in [-0.1, -0.05) is 6.07 Å². The van der Waals surface area contributed by atoms with Crippen LogP contribution >= 0.6 is 11.3 Å². The van der Waals surface area contributed by atoms with Gasteiger partial charge in [-0.25, -0.2) is 9.37 Å². The van der Waals surface area contributed by atoms with Gasteiger partial charge in [0.2, 0.25) is 11.8 Å². The molecule has 0 amide bonds. The highest BCUT2D eigenvalue weighted by molar-refractivity contribution is 7.18. The molecule has 0 saturated heterocycles. The van der Waals surface area contributed by atoms with Gasteiger partial charge in [0.05, 0.1) is 28.5 Å². The van der Waals surface area contributed by atoms with Crippen molar-refractivity contribution in [3.8, 4) is 11.3 Å². The molecule has 0 atom stereocenters. The Bertz CT molecular complexity index is 1090. The number of carboxylic acids is 1. The number of nitrogens with zero attached hydrogens (tertiary/aromatic N) is 4. The van der Waals surface area contributed by atoms with Crippen LogP contribution in [0, 0.1) is 5.82 Å². The molecular formula is C17H11FN4O3S. The molecule has 3 heterocycles. The SMILES string of the molecule is O=C(O)Cc1nnc(Cc2nc3ccc(-c4ccc(F)cn4)cc3s2)o1. The topological polar surface area (TPSA) is 102 Å². The van der Waals surface area contributed by atoms with E-state index in [2.05, 4.69) is 20.2 Å². The summed E-state index contributed by atoms with van der Waals surface area (Å²) in [4.78, 5) is 19.3. The second-order valence-corrected chi connectivity index (χ2v) is 6.60. The van der Waals surface area contributed by atoms with E-state index in [1.165, 1.54) is 23.6 Å². The minimum Gasteiger partial charge on any atom is -0.481 e. The minimum atomic E-state index is -1.03. The molecule has 0 spiro atoms. The van der Waals surface area contributed by atoms with E-state index in [0.29, 0.717) is 18.0 Å². The van der Waals surface area contributed by atoms with E-state index >= 15 is 0 Å². The van der Waals surface area contributed by atoms with E-state index in [9.17, 15) is 9.18 Å². The standard InChI is InChI=1S/C17H11FN4O3S/c18-10-2-4-11(19-8-10)9-1-3-12-13(5-9)26-16(20-12)6-14-21-22-15(25-14)7-17(23)24/h1-5,8H,6-7H2,(H,23,24). The molecule has 0 aliphatic rings. The first-order valence-corrected chi connectivity index (χ1v) is 8.43. The van der Waals surface area contributed by atoms with Gasteiger partial charge in [0, 0.05) is 5.56 Å². The van der Waals surface area contributed by atoms with Crippen molar-refractivity contribution in [3.05, 3.63) is 59.1 Å². The van der Waals surface area contributed by atoms with E-state index in [0.717, 1.165) is 20.8 Å². The lowest BCUT2D eigenvalue weighted by Gasteiger charge is -1.99. The molecule has 0 unspecified atom stereocenters. The van der Waals surface area contributed by atoms with Crippen molar-refractivity contribution in [1.82, 2.24) is 20.2 Å². The van der Waals surface area contributed by atoms with Crippen LogP contribution in [0.15, 0.2) is 40.9 Å². The number of rotatable bonds is 5. The summed E-state index contributed by atoms with van der Waals surface area (Å²) in [6.45, 7) is 0. The summed E-state index contributed by atoms with van der Waals surface area (Å²) in [5, 5.41) is 17.1. The van der Waals surface area contributed by atoms with Crippen molar-refractivity contribution in [1.29, 1.82) is 0 Å². The molecule has 26 heavy (non-hydrogen) atoms. The number of aliphatic carboxylic acids is 1. The lowest BCUT2D eigenvalue weighted by molar-refractivity contribution is -0.136. The molecule has 0 aliphatic heterocycles. The third kappa shape index (κ3) is 3.42. The number of benzene rings is 1. The Morgan fingerprint density at radius 3 is 2.81 bits per heavy atom. The minimum absolute atomic E-state index is 0.0679. The fraction of sp³-hybridized carbons (Fsp3) is 0.118. The van der Waals surface area contributed by atoms with Gasteiger partial charge >= 0.3 is 5.97 Å². The molecular weight excluding hydrogens is 359 g/mol. The Balaban J connectivity index is 1.58. The normalized spacial score (nSPS) is 11.1. The van der Waals surface area contributed by atoms with E-state index in [4.69, 9.17) is 9.52 Å². The van der Waals surface area contributed by atoms with Crippen LogP contribution in [0.1, 0.15) is 16.8 Å². The number of fused-ring (bicyclic) bond motifs is 1. The Kier molecular flexibility index (Phi) is 4.13. The molecule has 1 N–H and O–H groups in total. The van der Waals surface area contributed by atoms with Crippen LogP contribution in [0.2, 0.25) is 0 Å². The smallest absolute Gasteiger partial charge is 0.312 e. The van der Waals surface area contributed by atoms with E-state index < -0.39 is 5.97 Å². The third-order valence-corrected chi connectivity index (χ3v) is 4.59.